The van der Waals surface area contributed by atoms with Crippen molar-refractivity contribution in [2.45, 2.75) is 19.4 Å². The van der Waals surface area contributed by atoms with E-state index in [1.54, 1.807) is 12.1 Å². The summed E-state index contributed by atoms with van der Waals surface area (Å²) in [7, 11) is 0. The number of hydrogen-bond acceptors (Lipinski definition) is 4. The van der Waals surface area contributed by atoms with Crippen molar-refractivity contribution in [2.75, 3.05) is 24.6 Å². The van der Waals surface area contributed by atoms with Crippen molar-refractivity contribution in [3.05, 3.63) is 32.8 Å². The van der Waals surface area contributed by atoms with Crippen LogP contribution in [0.3, 0.4) is 0 Å². The van der Waals surface area contributed by atoms with E-state index in [0.29, 0.717) is 23.3 Å². The van der Waals surface area contributed by atoms with E-state index in [0.717, 1.165) is 13.0 Å². The van der Waals surface area contributed by atoms with E-state index < -0.39 is 0 Å². The summed E-state index contributed by atoms with van der Waals surface area (Å²) in [5, 5.41) is 11.2. The van der Waals surface area contributed by atoms with Crippen LogP contribution in [0.4, 0.5) is 11.4 Å². The van der Waals surface area contributed by atoms with E-state index in [-0.39, 0.29) is 16.7 Å². The molecule has 1 aromatic rings. The Balaban J connectivity index is 2.37. The average Bonchev–Trinajstić information content (AvgIpc) is 2.53. The van der Waals surface area contributed by atoms with Gasteiger partial charge in [0.15, 0.2) is 0 Å². The zero-order chi connectivity index (χ0) is 13.1. The normalized spacial score (nSPS) is 20.6. The molecule has 0 N–H and O–H groups in total. The first-order chi connectivity index (χ1) is 8.59. The quantitative estimate of drug-likeness (QED) is 0.622. The second kappa shape index (κ2) is 5.67. The van der Waals surface area contributed by atoms with E-state index in [1.807, 2.05) is 17.9 Å². The average molecular weight is 315 g/mol. The Morgan fingerprint density at radius 3 is 3.06 bits per heavy atom. The molecule has 5 nitrogen and oxygen atoms in total. The molecular weight excluding hydrogens is 300 g/mol. The maximum absolute atomic E-state index is 11.2. The van der Waals surface area contributed by atoms with Crippen LogP contribution in [0.2, 0.25) is 0 Å². The molecule has 1 aliphatic rings. The third-order valence-electron chi connectivity index (χ3n) is 2.94. The molecule has 0 amide bonds. The molecule has 6 heteroatoms. The Morgan fingerprint density at radius 2 is 2.33 bits per heavy atom. The summed E-state index contributed by atoms with van der Waals surface area (Å²) in [6, 6.07) is 5.31. The first kappa shape index (κ1) is 13.3. The zero-order valence-electron chi connectivity index (χ0n) is 10.1. The summed E-state index contributed by atoms with van der Waals surface area (Å²) in [6.45, 7) is 4.15. The number of nitro benzene ring substituents is 1. The molecule has 18 heavy (non-hydrogen) atoms. The molecule has 1 saturated heterocycles. The van der Waals surface area contributed by atoms with Gasteiger partial charge in [0.2, 0.25) is 0 Å². The maximum Gasteiger partial charge on any atom is 0.306 e. The molecule has 1 heterocycles. The van der Waals surface area contributed by atoms with Crippen molar-refractivity contribution in [3.8, 4) is 0 Å². The van der Waals surface area contributed by atoms with E-state index in [2.05, 4.69) is 15.9 Å². The smallest absolute Gasteiger partial charge is 0.306 e. The fourth-order valence-electron chi connectivity index (χ4n) is 2.15. The predicted octanol–water partition coefficient (Wildman–Crippen LogP) is 2.97. The van der Waals surface area contributed by atoms with Gasteiger partial charge in [0.1, 0.15) is 5.69 Å². The second-order valence-electron chi connectivity index (χ2n) is 4.35. The Bertz CT molecular complexity index is 453. The highest BCUT2D eigenvalue weighted by Crippen LogP contribution is 2.35. The molecule has 2 rings (SSSR count). The largest absolute Gasteiger partial charge is 0.377 e. The van der Waals surface area contributed by atoms with Gasteiger partial charge in [-0.3, -0.25) is 10.1 Å². The van der Waals surface area contributed by atoms with Crippen molar-refractivity contribution in [2.24, 2.45) is 0 Å². The maximum atomic E-state index is 11.2. The molecule has 1 fully saturated rings. The topological polar surface area (TPSA) is 55.6 Å². The fourth-order valence-corrected chi connectivity index (χ4v) is 2.65. The molecule has 0 unspecified atom stereocenters. The third-order valence-corrected chi connectivity index (χ3v) is 3.58. The number of nitro groups is 1. The lowest BCUT2D eigenvalue weighted by Gasteiger charge is -2.24. The van der Waals surface area contributed by atoms with Crippen molar-refractivity contribution in [1.29, 1.82) is 0 Å². The summed E-state index contributed by atoms with van der Waals surface area (Å²) < 4.78 is 6.08. The van der Waals surface area contributed by atoms with Gasteiger partial charge >= 0.3 is 5.69 Å². The third kappa shape index (κ3) is 2.81. The van der Waals surface area contributed by atoms with Crippen LogP contribution >= 0.6 is 15.9 Å². The Morgan fingerprint density at radius 1 is 1.56 bits per heavy atom. The molecule has 0 bridgehead atoms. The second-order valence-corrected chi connectivity index (χ2v) is 5.20. The summed E-state index contributed by atoms with van der Waals surface area (Å²) in [4.78, 5) is 12.9. The molecule has 98 valence electrons. The van der Waals surface area contributed by atoms with Crippen LogP contribution in [-0.4, -0.2) is 30.7 Å². The van der Waals surface area contributed by atoms with Crippen LogP contribution in [0.5, 0.6) is 0 Å². The molecule has 0 spiro atoms. The summed E-state index contributed by atoms with van der Waals surface area (Å²) in [5.74, 6) is 0. The minimum Gasteiger partial charge on any atom is -0.377 e. The number of ether oxygens (including phenoxy) is 1. The SMILES string of the molecule is C[C@@H]1CN(c2cccc(Br)c2[N+](=O)[O-])CCCO1. The van der Waals surface area contributed by atoms with Gasteiger partial charge in [-0.15, -0.1) is 0 Å². The number of benzene rings is 1. The summed E-state index contributed by atoms with van der Waals surface area (Å²) in [5.41, 5.74) is 0.790. The molecule has 0 radical (unpaired) electrons. The van der Waals surface area contributed by atoms with Gasteiger partial charge in [0.05, 0.1) is 15.5 Å². The minimum absolute atomic E-state index is 0.0890. The number of halogens is 1. The molecular formula is C12H15BrN2O3. The van der Waals surface area contributed by atoms with Crippen LogP contribution < -0.4 is 4.90 Å². The van der Waals surface area contributed by atoms with Crippen LogP contribution in [0, 0.1) is 10.1 Å². The van der Waals surface area contributed by atoms with E-state index in [4.69, 9.17) is 4.74 Å². The van der Waals surface area contributed by atoms with Gasteiger partial charge in [-0.1, -0.05) is 6.07 Å². The highest BCUT2D eigenvalue weighted by atomic mass is 79.9. The number of anilines is 1. The van der Waals surface area contributed by atoms with Crippen LogP contribution in [0.25, 0.3) is 0 Å². The molecule has 0 aliphatic carbocycles. The Labute approximate surface area is 114 Å². The minimum atomic E-state index is -0.337. The molecule has 1 aromatic carbocycles. The van der Waals surface area contributed by atoms with E-state index in [1.165, 1.54) is 0 Å². The monoisotopic (exact) mass is 314 g/mol. The Kier molecular flexibility index (Phi) is 4.19. The lowest BCUT2D eigenvalue weighted by Crippen LogP contribution is -2.30. The van der Waals surface area contributed by atoms with Crippen LogP contribution in [0.1, 0.15) is 13.3 Å². The predicted molar refractivity (Wildman–Crippen MR) is 73.0 cm³/mol. The van der Waals surface area contributed by atoms with E-state index >= 15 is 0 Å². The van der Waals surface area contributed by atoms with Crippen molar-refractivity contribution >= 4 is 27.3 Å². The summed E-state index contributed by atoms with van der Waals surface area (Å²) in [6.07, 6.45) is 0.972. The first-order valence-corrected chi connectivity index (χ1v) is 6.68. The molecule has 0 aromatic heterocycles. The van der Waals surface area contributed by atoms with Gasteiger partial charge in [-0.25, -0.2) is 0 Å². The number of nitrogens with zero attached hydrogens (tertiary/aromatic N) is 2. The standard InChI is InChI=1S/C12H15BrN2O3/c1-9-8-14(6-3-7-18-9)11-5-2-4-10(13)12(11)15(16)17/h2,4-5,9H,3,6-8H2,1H3/t9-/m1/s1. The first-order valence-electron chi connectivity index (χ1n) is 5.89. The van der Waals surface area contributed by atoms with Crippen molar-refractivity contribution in [3.63, 3.8) is 0 Å². The Hall–Kier alpha value is -1.14. The summed E-state index contributed by atoms with van der Waals surface area (Å²) >= 11 is 3.25. The van der Waals surface area contributed by atoms with Crippen LogP contribution in [-0.2, 0) is 4.74 Å². The van der Waals surface area contributed by atoms with Gasteiger partial charge in [0.25, 0.3) is 0 Å². The number of hydrogen-bond donors (Lipinski definition) is 0. The molecule has 0 saturated carbocycles. The van der Waals surface area contributed by atoms with Gasteiger partial charge in [-0.2, -0.15) is 0 Å². The number of para-hydroxylation sites is 1. The van der Waals surface area contributed by atoms with Crippen molar-refractivity contribution in [1.82, 2.24) is 0 Å². The van der Waals surface area contributed by atoms with Gasteiger partial charge < -0.3 is 9.64 Å². The zero-order valence-corrected chi connectivity index (χ0v) is 11.7. The molecule has 1 atom stereocenters. The highest BCUT2D eigenvalue weighted by molar-refractivity contribution is 9.10. The molecule has 1 aliphatic heterocycles. The van der Waals surface area contributed by atoms with Gasteiger partial charge in [0, 0.05) is 19.7 Å². The lowest BCUT2D eigenvalue weighted by molar-refractivity contribution is -0.384. The number of rotatable bonds is 2. The van der Waals surface area contributed by atoms with Crippen LogP contribution in [0.15, 0.2) is 22.7 Å². The van der Waals surface area contributed by atoms with E-state index in [9.17, 15) is 10.1 Å². The lowest BCUT2D eigenvalue weighted by atomic mass is 10.2. The van der Waals surface area contributed by atoms with Gasteiger partial charge in [-0.05, 0) is 41.4 Å². The fraction of sp³-hybridized carbons (Fsp3) is 0.500. The van der Waals surface area contributed by atoms with Crippen molar-refractivity contribution < 1.29 is 9.66 Å². The highest BCUT2D eigenvalue weighted by Gasteiger charge is 2.25.